The maximum atomic E-state index is 12.1. The summed E-state index contributed by atoms with van der Waals surface area (Å²) in [4.78, 5) is 22.9. The molecule has 0 saturated carbocycles. The van der Waals surface area contributed by atoms with Gasteiger partial charge in [0.25, 0.3) is 5.91 Å². The minimum absolute atomic E-state index is 0.105. The summed E-state index contributed by atoms with van der Waals surface area (Å²) in [6.07, 6.45) is 0.438. The Balaban J connectivity index is 2.85. The molecule has 6 heteroatoms. The van der Waals surface area contributed by atoms with Crippen molar-refractivity contribution in [1.82, 2.24) is 15.1 Å². The molecule has 1 atom stereocenters. The Bertz CT molecular complexity index is 467. The second kappa shape index (κ2) is 5.20. The zero-order chi connectivity index (χ0) is 13.9. The maximum Gasteiger partial charge on any atom is 0.305 e. The van der Waals surface area contributed by atoms with Gasteiger partial charge in [0, 0.05) is 12.6 Å². The van der Waals surface area contributed by atoms with Crippen LogP contribution in [0.5, 0.6) is 0 Å². The number of aromatic nitrogens is 2. The summed E-state index contributed by atoms with van der Waals surface area (Å²) in [5, 5.41) is 15.7. The fraction of sp³-hybridized carbons (Fsp3) is 0.583. The molecular weight excluding hydrogens is 234 g/mol. The van der Waals surface area contributed by atoms with Crippen molar-refractivity contribution in [3.63, 3.8) is 0 Å². The molecule has 100 valence electrons. The first-order valence-corrected chi connectivity index (χ1v) is 5.82. The van der Waals surface area contributed by atoms with Crippen molar-refractivity contribution in [3.8, 4) is 0 Å². The van der Waals surface area contributed by atoms with Crippen LogP contribution in [0.25, 0.3) is 0 Å². The average molecular weight is 253 g/mol. The summed E-state index contributed by atoms with van der Waals surface area (Å²) < 4.78 is 1.49. The quantitative estimate of drug-likeness (QED) is 0.823. The number of amides is 1. The van der Waals surface area contributed by atoms with Gasteiger partial charge < -0.3 is 10.4 Å². The molecule has 0 aliphatic heterocycles. The first kappa shape index (κ1) is 14.2. The molecule has 1 aromatic heterocycles. The van der Waals surface area contributed by atoms with E-state index in [4.69, 9.17) is 5.11 Å². The number of carboxylic acid groups (broad SMARTS) is 1. The number of carbonyl (C=O) groups excluding carboxylic acids is 1. The lowest BCUT2D eigenvalue weighted by molar-refractivity contribution is -0.138. The lowest BCUT2D eigenvalue weighted by Crippen LogP contribution is -2.47. The van der Waals surface area contributed by atoms with Gasteiger partial charge in [-0.05, 0) is 26.3 Å². The minimum atomic E-state index is -0.930. The lowest BCUT2D eigenvalue weighted by Gasteiger charge is -2.27. The summed E-state index contributed by atoms with van der Waals surface area (Å²) in [6.45, 7) is 5.37. The van der Waals surface area contributed by atoms with Crippen LogP contribution in [0.4, 0.5) is 0 Å². The van der Waals surface area contributed by atoms with Crippen LogP contribution in [0.1, 0.15) is 42.9 Å². The van der Waals surface area contributed by atoms with Gasteiger partial charge in [0.2, 0.25) is 0 Å². The fourth-order valence-corrected chi connectivity index (χ4v) is 1.75. The molecule has 1 amide bonds. The molecule has 1 rings (SSSR count). The van der Waals surface area contributed by atoms with E-state index in [0.29, 0.717) is 12.1 Å². The molecule has 0 spiro atoms. The van der Waals surface area contributed by atoms with Gasteiger partial charge in [0.1, 0.15) is 5.69 Å². The van der Waals surface area contributed by atoms with Crippen molar-refractivity contribution in [2.24, 2.45) is 7.05 Å². The molecule has 0 aliphatic carbocycles. The topological polar surface area (TPSA) is 84.2 Å². The SMILES string of the molecule is CC[C@](C)(CC(=O)O)NC(=O)c1cc(C)nn1C. The number of rotatable bonds is 5. The summed E-state index contributed by atoms with van der Waals surface area (Å²) >= 11 is 0. The molecule has 0 unspecified atom stereocenters. The van der Waals surface area contributed by atoms with Crippen LogP contribution >= 0.6 is 0 Å². The van der Waals surface area contributed by atoms with Crippen molar-refractivity contribution in [2.75, 3.05) is 0 Å². The summed E-state index contributed by atoms with van der Waals surface area (Å²) in [6, 6.07) is 1.67. The van der Waals surface area contributed by atoms with E-state index < -0.39 is 11.5 Å². The van der Waals surface area contributed by atoms with Crippen LogP contribution in [0, 0.1) is 6.92 Å². The molecule has 1 heterocycles. The van der Waals surface area contributed by atoms with E-state index in [-0.39, 0.29) is 12.3 Å². The highest BCUT2D eigenvalue weighted by Crippen LogP contribution is 2.15. The van der Waals surface area contributed by atoms with Gasteiger partial charge in [-0.25, -0.2) is 0 Å². The number of nitrogens with zero attached hydrogens (tertiary/aromatic N) is 2. The molecule has 0 fully saturated rings. The van der Waals surface area contributed by atoms with Gasteiger partial charge in [0.15, 0.2) is 0 Å². The summed E-state index contributed by atoms with van der Waals surface area (Å²) in [5.74, 6) is -1.23. The standard InChI is InChI=1S/C12H19N3O3/c1-5-12(3,7-10(16)17)13-11(18)9-6-8(2)14-15(9)4/h6H,5,7H2,1-4H3,(H,13,18)(H,16,17)/t12-/m1/s1. The molecular formula is C12H19N3O3. The van der Waals surface area contributed by atoms with Crippen LogP contribution in [0.3, 0.4) is 0 Å². The van der Waals surface area contributed by atoms with E-state index in [1.54, 1.807) is 27.0 Å². The minimum Gasteiger partial charge on any atom is -0.481 e. The first-order valence-electron chi connectivity index (χ1n) is 5.82. The molecule has 1 aromatic rings. The number of carboxylic acids is 1. The Morgan fingerprint density at radius 1 is 1.56 bits per heavy atom. The highest BCUT2D eigenvalue weighted by molar-refractivity contribution is 5.93. The maximum absolute atomic E-state index is 12.1. The summed E-state index contributed by atoms with van der Waals surface area (Å²) in [7, 11) is 1.68. The molecule has 0 saturated heterocycles. The van der Waals surface area contributed by atoms with Crippen LogP contribution in [-0.2, 0) is 11.8 Å². The molecule has 0 bridgehead atoms. The van der Waals surface area contributed by atoms with E-state index in [0.717, 1.165) is 5.69 Å². The Labute approximate surface area is 106 Å². The van der Waals surface area contributed by atoms with Crippen molar-refractivity contribution in [1.29, 1.82) is 0 Å². The fourth-order valence-electron chi connectivity index (χ4n) is 1.75. The molecule has 6 nitrogen and oxygen atoms in total. The highest BCUT2D eigenvalue weighted by atomic mass is 16.4. The molecule has 0 radical (unpaired) electrons. The summed E-state index contributed by atoms with van der Waals surface area (Å²) in [5.41, 5.74) is 0.429. The van der Waals surface area contributed by atoms with E-state index in [2.05, 4.69) is 10.4 Å². The Morgan fingerprint density at radius 3 is 2.56 bits per heavy atom. The van der Waals surface area contributed by atoms with Gasteiger partial charge in [-0.1, -0.05) is 6.92 Å². The number of nitrogens with one attached hydrogen (secondary N) is 1. The lowest BCUT2D eigenvalue weighted by atomic mass is 9.94. The van der Waals surface area contributed by atoms with Crippen molar-refractivity contribution >= 4 is 11.9 Å². The number of hydrogen-bond acceptors (Lipinski definition) is 3. The van der Waals surface area contributed by atoms with E-state index in [1.165, 1.54) is 4.68 Å². The van der Waals surface area contributed by atoms with Crippen molar-refractivity contribution < 1.29 is 14.7 Å². The van der Waals surface area contributed by atoms with Gasteiger partial charge >= 0.3 is 5.97 Å². The van der Waals surface area contributed by atoms with Gasteiger partial charge in [-0.15, -0.1) is 0 Å². The predicted molar refractivity (Wildman–Crippen MR) is 66.4 cm³/mol. The highest BCUT2D eigenvalue weighted by Gasteiger charge is 2.28. The van der Waals surface area contributed by atoms with Crippen LogP contribution in [0.2, 0.25) is 0 Å². The largest absolute Gasteiger partial charge is 0.481 e. The number of carbonyl (C=O) groups is 2. The zero-order valence-corrected chi connectivity index (χ0v) is 11.1. The third-order valence-electron chi connectivity index (χ3n) is 2.97. The van der Waals surface area contributed by atoms with Crippen LogP contribution in [-0.4, -0.2) is 32.3 Å². The van der Waals surface area contributed by atoms with Gasteiger partial charge in [-0.3, -0.25) is 14.3 Å². The zero-order valence-electron chi connectivity index (χ0n) is 11.1. The molecule has 2 N–H and O–H groups in total. The molecule has 0 aliphatic rings. The van der Waals surface area contributed by atoms with Crippen molar-refractivity contribution in [3.05, 3.63) is 17.5 Å². The predicted octanol–water partition coefficient (Wildman–Crippen LogP) is 1.10. The van der Waals surface area contributed by atoms with Gasteiger partial charge in [-0.2, -0.15) is 5.10 Å². The first-order chi connectivity index (χ1) is 8.27. The number of aryl methyl sites for hydroxylation is 2. The number of hydrogen-bond donors (Lipinski definition) is 2. The van der Waals surface area contributed by atoms with Crippen LogP contribution < -0.4 is 5.32 Å². The van der Waals surface area contributed by atoms with E-state index in [1.807, 2.05) is 6.92 Å². The monoisotopic (exact) mass is 253 g/mol. The van der Waals surface area contributed by atoms with Crippen molar-refractivity contribution in [2.45, 2.75) is 39.2 Å². The normalized spacial score (nSPS) is 14.0. The van der Waals surface area contributed by atoms with E-state index in [9.17, 15) is 9.59 Å². The second-order valence-corrected chi connectivity index (χ2v) is 4.73. The third-order valence-corrected chi connectivity index (χ3v) is 2.97. The third kappa shape index (κ3) is 3.32. The van der Waals surface area contributed by atoms with Crippen LogP contribution in [0.15, 0.2) is 6.07 Å². The smallest absolute Gasteiger partial charge is 0.305 e. The number of aliphatic carboxylic acids is 1. The molecule has 18 heavy (non-hydrogen) atoms. The average Bonchev–Trinajstić information content (AvgIpc) is 2.56. The second-order valence-electron chi connectivity index (χ2n) is 4.73. The Morgan fingerprint density at radius 2 is 2.17 bits per heavy atom. The Kier molecular flexibility index (Phi) is 4.11. The van der Waals surface area contributed by atoms with E-state index >= 15 is 0 Å². The Hall–Kier alpha value is -1.85. The molecule has 0 aromatic carbocycles. The van der Waals surface area contributed by atoms with Gasteiger partial charge in [0.05, 0.1) is 12.1 Å².